The van der Waals surface area contributed by atoms with Crippen LogP contribution in [0.4, 0.5) is 0 Å². The molecule has 0 aromatic carbocycles. The Balaban J connectivity index is 2.18. The summed E-state index contributed by atoms with van der Waals surface area (Å²) in [5, 5.41) is 8.57. The minimum Gasteiger partial charge on any atom is -0.390 e. The van der Waals surface area contributed by atoms with Crippen LogP contribution in [0.25, 0.3) is 0 Å². The summed E-state index contributed by atoms with van der Waals surface area (Å²) in [5.74, 6) is 0. The Hall–Kier alpha value is -0.120. The molecule has 1 fully saturated rings. The third-order valence-corrected chi connectivity index (χ3v) is 0.741. The van der Waals surface area contributed by atoms with Gasteiger partial charge in [0.2, 0.25) is 0 Å². The van der Waals surface area contributed by atoms with E-state index >= 15 is 0 Å². The van der Waals surface area contributed by atoms with Gasteiger partial charge in [-0.05, 0) is 0 Å². The molecule has 3 nitrogen and oxygen atoms in total. The fourth-order valence-electron chi connectivity index (χ4n) is 0.404. The molecule has 2 N–H and O–H groups in total. The second kappa shape index (κ2) is 1.55. The summed E-state index contributed by atoms with van der Waals surface area (Å²) >= 11 is 0. The van der Waals surface area contributed by atoms with Crippen molar-refractivity contribution in [1.82, 2.24) is 10.9 Å². The van der Waals surface area contributed by atoms with Gasteiger partial charge in [-0.1, -0.05) is 0 Å². The van der Waals surface area contributed by atoms with E-state index in [1.165, 1.54) is 0 Å². The van der Waals surface area contributed by atoms with E-state index in [2.05, 4.69) is 10.9 Å². The largest absolute Gasteiger partial charge is 0.390 e. The number of hydrogen-bond donors (Lipinski definition) is 2. The van der Waals surface area contributed by atoms with E-state index in [4.69, 9.17) is 5.11 Å². The second-order valence-electron chi connectivity index (χ2n) is 1.36. The zero-order valence-electron chi connectivity index (χ0n) is 3.39. The lowest BCUT2D eigenvalue weighted by Crippen LogP contribution is -2.14. The maximum atomic E-state index is 8.57. The molecule has 0 aromatic heterocycles. The molecule has 35 valence electrons. The van der Waals surface area contributed by atoms with Crippen LogP contribution in [0.1, 0.15) is 0 Å². The molecule has 0 spiro atoms. The molecule has 1 unspecified atom stereocenters. The van der Waals surface area contributed by atoms with Gasteiger partial charge in [0.1, 0.15) is 0 Å². The first kappa shape index (κ1) is 4.05. The topological polar surface area (TPSA) is 46.4 Å². The summed E-state index contributed by atoms with van der Waals surface area (Å²) in [6.45, 7) is 1.18. The van der Waals surface area contributed by atoms with E-state index in [-0.39, 0.29) is 6.10 Å². The lowest BCUT2D eigenvalue weighted by atomic mass is 10.4. The smallest absolute Gasteiger partial charge is 0.0835 e. The van der Waals surface area contributed by atoms with Gasteiger partial charge in [0.25, 0.3) is 0 Å². The highest BCUT2D eigenvalue weighted by Gasteiger charge is 2.09. The predicted molar refractivity (Wildman–Crippen MR) is 21.0 cm³/mol. The fourth-order valence-corrected chi connectivity index (χ4v) is 0.404. The molecule has 1 radical (unpaired) electrons. The highest BCUT2D eigenvalue weighted by Crippen LogP contribution is 1.81. The van der Waals surface area contributed by atoms with Crippen molar-refractivity contribution in [3.05, 3.63) is 0 Å². The normalized spacial score (nSPS) is 25.5. The quantitative estimate of drug-likeness (QED) is 0.376. The molecular weight excluding hydrogens is 80.0 g/mol. The molecule has 1 saturated heterocycles. The zero-order chi connectivity index (χ0) is 4.41. The lowest BCUT2D eigenvalue weighted by Gasteiger charge is -1.88. The Kier molecular flexibility index (Phi) is 1.05. The Bertz CT molecular complexity index is 42.1. The molecular formula is C3H7N2O. The Morgan fingerprint density at radius 1 is 1.83 bits per heavy atom. The van der Waals surface area contributed by atoms with Crippen LogP contribution in [0.2, 0.25) is 0 Å². The highest BCUT2D eigenvalue weighted by molar-refractivity contribution is 4.64. The van der Waals surface area contributed by atoms with Crippen LogP contribution in [0.5, 0.6) is 0 Å². The van der Waals surface area contributed by atoms with Crippen LogP contribution >= 0.6 is 0 Å². The van der Waals surface area contributed by atoms with Crippen LogP contribution in [-0.2, 0) is 0 Å². The predicted octanol–water partition coefficient (Wildman–Crippen LogP) is -1.53. The Morgan fingerprint density at radius 2 is 2.67 bits per heavy atom. The molecule has 1 aliphatic rings. The van der Waals surface area contributed by atoms with Gasteiger partial charge in [0.15, 0.2) is 0 Å². The van der Waals surface area contributed by atoms with E-state index in [9.17, 15) is 0 Å². The Labute approximate surface area is 36.3 Å². The van der Waals surface area contributed by atoms with Crippen molar-refractivity contribution in [2.45, 2.75) is 6.10 Å². The summed E-state index contributed by atoms with van der Waals surface area (Å²) in [5.41, 5.74) is 6.31. The van der Waals surface area contributed by atoms with Gasteiger partial charge < -0.3 is 5.11 Å². The van der Waals surface area contributed by atoms with E-state index in [0.717, 1.165) is 0 Å². The van der Waals surface area contributed by atoms with Gasteiger partial charge in [-0.2, -0.15) is 5.43 Å². The number of aliphatic hydroxyl groups excluding tert-OH is 1. The minimum absolute atomic E-state index is 0.231. The van der Waals surface area contributed by atoms with Crippen LogP contribution in [0.15, 0.2) is 0 Å². The highest BCUT2D eigenvalue weighted by atomic mass is 16.3. The molecule has 1 atom stereocenters. The van der Waals surface area contributed by atoms with E-state index in [0.29, 0.717) is 13.1 Å². The number of rotatable bonds is 0. The van der Waals surface area contributed by atoms with Gasteiger partial charge in [0, 0.05) is 6.54 Å². The molecule has 0 aromatic rings. The number of nitrogens with one attached hydrogen (secondary N) is 1. The van der Waals surface area contributed by atoms with Crippen LogP contribution in [0, 0.1) is 0 Å². The average molecular weight is 87.1 g/mol. The number of β-amino-alcohol motifs (C(OH)–C–C–N with tert-alkyl or cyclic N) is 1. The maximum Gasteiger partial charge on any atom is 0.0835 e. The van der Waals surface area contributed by atoms with E-state index in [1.54, 1.807) is 0 Å². The molecule has 0 bridgehead atoms. The average Bonchev–Trinajstić information content (AvgIpc) is 1.86. The van der Waals surface area contributed by atoms with Crippen LogP contribution < -0.4 is 10.9 Å². The summed E-state index contributed by atoms with van der Waals surface area (Å²) in [6.07, 6.45) is -0.231. The molecule has 1 aliphatic heterocycles. The molecule has 6 heavy (non-hydrogen) atoms. The lowest BCUT2D eigenvalue weighted by molar-refractivity contribution is 0.207. The van der Waals surface area contributed by atoms with Crippen LogP contribution in [-0.4, -0.2) is 24.3 Å². The SMILES string of the molecule is OC1C[N]NC1. The maximum absolute atomic E-state index is 8.57. The fraction of sp³-hybridized carbons (Fsp3) is 1.00. The number of aliphatic hydroxyl groups is 1. The van der Waals surface area contributed by atoms with Crippen molar-refractivity contribution in [1.29, 1.82) is 0 Å². The van der Waals surface area contributed by atoms with Gasteiger partial charge in [-0.3, -0.25) is 0 Å². The zero-order valence-corrected chi connectivity index (χ0v) is 3.39. The van der Waals surface area contributed by atoms with E-state index in [1.807, 2.05) is 0 Å². The summed E-state index contributed by atoms with van der Waals surface area (Å²) in [7, 11) is 0. The first-order chi connectivity index (χ1) is 2.89. The molecule has 0 aliphatic carbocycles. The van der Waals surface area contributed by atoms with Crippen LogP contribution in [0.3, 0.4) is 0 Å². The molecule has 0 amide bonds. The summed E-state index contributed by atoms with van der Waals surface area (Å²) < 4.78 is 0. The first-order valence-electron chi connectivity index (χ1n) is 1.97. The number of nitrogens with zero attached hydrogens (tertiary/aromatic N) is 1. The van der Waals surface area contributed by atoms with Crippen molar-refractivity contribution in [3.63, 3.8) is 0 Å². The minimum atomic E-state index is -0.231. The summed E-state index contributed by atoms with van der Waals surface area (Å²) in [4.78, 5) is 0. The van der Waals surface area contributed by atoms with Gasteiger partial charge in [-0.15, -0.1) is 0 Å². The van der Waals surface area contributed by atoms with E-state index < -0.39 is 0 Å². The third kappa shape index (κ3) is 0.680. The summed E-state index contributed by atoms with van der Waals surface area (Å²) in [6, 6.07) is 0. The molecule has 1 rings (SSSR count). The second-order valence-corrected chi connectivity index (χ2v) is 1.36. The first-order valence-corrected chi connectivity index (χ1v) is 1.97. The third-order valence-electron chi connectivity index (χ3n) is 0.741. The van der Waals surface area contributed by atoms with Crippen molar-refractivity contribution in [2.75, 3.05) is 13.1 Å². The molecule has 0 saturated carbocycles. The van der Waals surface area contributed by atoms with Crippen molar-refractivity contribution in [3.8, 4) is 0 Å². The Morgan fingerprint density at radius 3 is 2.83 bits per heavy atom. The monoisotopic (exact) mass is 87.1 g/mol. The van der Waals surface area contributed by atoms with Crippen molar-refractivity contribution >= 4 is 0 Å². The van der Waals surface area contributed by atoms with Gasteiger partial charge in [-0.25, -0.2) is 5.43 Å². The van der Waals surface area contributed by atoms with Gasteiger partial charge >= 0.3 is 0 Å². The molecule has 3 heteroatoms. The van der Waals surface area contributed by atoms with Crippen molar-refractivity contribution in [2.24, 2.45) is 0 Å². The molecule has 1 heterocycles. The standard InChI is InChI=1S/C3H7N2O/c6-3-1-4-5-2-3/h3-4,6H,1-2H2. The van der Waals surface area contributed by atoms with Gasteiger partial charge in [0.05, 0.1) is 12.6 Å². The van der Waals surface area contributed by atoms with Crippen molar-refractivity contribution < 1.29 is 5.11 Å². The number of hydrogen-bond acceptors (Lipinski definition) is 2.